The van der Waals surface area contributed by atoms with Crippen LogP contribution in [0.15, 0.2) is 24.3 Å². The van der Waals surface area contributed by atoms with Gasteiger partial charge in [0.15, 0.2) is 0 Å². The van der Waals surface area contributed by atoms with Gasteiger partial charge in [0.25, 0.3) is 11.8 Å². The van der Waals surface area contributed by atoms with Crippen LogP contribution in [0.25, 0.3) is 0 Å². The SMILES string of the molecule is CC(C)C#CNC(=O)COCCOC(c1ccc(C(=O)NCCNC(C)C)cc1)C(C)(C)[Si](C)(C)C. The van der Waals surface area contributed by atoms with E-state index >= 15 is 0 Å². The Morgan fingerprint density at radius 3 is 2.19 bits per heavy atom. The molecule has 7 nitrogen and oxygen atoms in total. The summed E-state index contributed by atoms with van der Waals surface area (Å²) in [5.74, 6) is 2.73. The Kier molecular flexibility index (Phi) is 13.4. The van der Waals surface area contributed by atoms with Gasteiger partial charge >= 0.3 is 0 Å². The van der Waals surface area contributed by atoms with Crippen molar-refractivity contribution in [1.29, 1.82) is 0 Å². The Morgan fingerprint density at radius 1 is 1.00 bits per heavy atom. The van der Waals surface area contributed by atoms with Crippen molar-refractivity contribution < 1.29 is 19.1 Å². The van der Waals surface area contributed by atoms with Crippen molar-refractivity contribution >= 4 is 19.9 Å². The zero-order valence-corrected chi connectivity index (χ0v) is 24.7. The number of hydrogen-bond acceptors (Lipinski definition) is 5. The molecular formula is C28H47N3O4Si. The van der Waals surface area contributed by atoms with Crippen molar-refractivity contribution in [2.75, 3.05) is 32.9 Å². The lowest BCUT2D eigenvalue weighted by Gasteiger charge is -2.43. The van der Waals surface area contributed by atoms with Gasteiger partial charge in [-0.2, -0.15) is 0 Å². The standard InChI is InChI=1S/C28H47N3O4Si/c1-21(2)14-15-30-25(32)20-34-18-19-35-26(28(5,6)36(7,8)9)23-10-12-24(13-11-23)27(33)31-17-16-29-22(3)4/h10-13,21-22,26,29H,16-20H2,1-9H3,(H,30,32)(H,31,33). The van der Waals surface area contributed by atoms with Crippen molar-refractivity contribution in [3.63, 3.8) is 0 Å². The van der Waals surface area contributed by atoms with Crippen LogP contribution in [0.2, 0.25) is 24.7 Å². The second kappa shape index (κ2) is 15.2. The molecule has 0 fully saturated rings. The molecule has 0 spiro atoms. The number of benzene rings is 1. The van der Waals surface area contributed by atoms with E-state index in [9.17, 15) is 9.59 Å². The van der Waals surface area contributed by atoms with Gasteiger partial charge in [-0.25, -0.2) is 0 Å². The predicted molar refractivity (Wildman–Crippen MR) is 150 cm³/mol. The first-order valence-electron chi connectivity index (χ1n) is 12.9. The first kappa shape index (κ1) is 31.8. The quantitative estimate of drug-likeness (QED) is 0.148. The minimum atomic E-state index is -1.64. The molecule has 1 atom stereocenters. The summed E-state index contributed by atoms with van der Waals surface area (Å²) < 4.78 is 11.9. The molecule has 3 N–H and O–H groups in total. The van der Waals surface area contributed by atoms with Gasteiger partial charge in [-0.05, 0) is 22.7 Å². The number of nitrogens with one attached hydrogen (secondary N) is 3. The molecule has 0 saturated heterocycles. The van der Waals surface area contributed by atoms with Crippen LogP contribution in [0.1, 0.15) is 63.6 Å². The highest BCUT2D eigenvalue weighted by molar-refractivity contribution is 6.79. The summed E-state index contributed by atoms with van der Waals surface area (Å²) >= 11 is 0. The van der Waals surface area contributed by atoms with E-state index in [1.807, 2.05) is 38.1 Å². The van der Waals surface area contributed by atoms with Crippen LogP contribution >= 0.6 is 0 Å². The Balaban J connectivity index is 2.76. The summed E-state index contributed by atoms with van der Waals surface area (Å²) in [6, 6.07) is 10.7. The first-order valence-corrected chi connectivity index (χ1v) is 16.4. The highest BCUT2D eigenvalue weighted by atomic mass is 28.3. The maximum absolute atomic E-state index is 12.5. The van der Waals surface area contributed by atoms with Gasteiger partial charge < -0.3 is 20.1 Å². The lowest BCUT2D eigenvalue weighted by molar-refractivity contribution is -0.125. The zero-order valence-electron chi connectivity index (χ0n) is 23.7. The third-order valence-electron chi connectivity index (χ3n) is 6.34. The third-order valence-corrected chi connectivity index (χ3v) is 10.5. The molecule has 202 valence electrons. The molecule has 0 aliphatic carbocycles. The van der Waals surface area contributed by atoms with E-state index in [2.05, 4.69) is 75.3 Å². The Hall–Kier alpha value is -2.18. The van der Waals surface area contributed by atoms with Crippen molar-refractivity contribution in [2.45, 2.75) is 78.4 Å². The van der Waals surface area contributed by atoms with Gasteiger partial charge in [0.2, 0.25) is 0 Å². The highest BCUT2D eigenvalue weighted by Gasteiger charge is 2.43. The van der Waals surface area contributed by atoms with E-state index in [0.717, 1.165) is 12.1 Å². The fourth-order valence-electron chi connectivity index (χ4n) is 3.24. The summed E-state index contributed by atoms with van der Waals surface area (Å²) in [5.41, 5.74) is 1.66. The molecule has 1 unspecified atom stereocenters. The number of rotatable bonds is 14. The summed E-state index contributed by atoms with van der Waals surface area (Å²) in [6.45, 7) is 21.5. The van der Waals surface area contributed by atoms with Crippen LogP contribution in [0, 0.1) is 17.9 Å². The molecule has 1 aromatic rings. The maximum atomic E-state index is 12.5. The Bertz CT molecular complexity index is 881. The maximum Gasteiger partial charge on any atom is 0.257 e. The average molecular weight is 518 g/mol. The number of ether oxygens (including phenoxy) is 2. The Morgan fingerprint density at radius 2 is 1.64 bits per heavy atom. The molecular weight excluding hydrogens is 470 g/mol. The molecule has 1 aromatic carbocycles. The van der Waals surface area contributed by atoms with Crippen LogP contribution < -0.4 is 16.0 Å². The number of carbonyl (C=O) groups is 2. The van der Waals surface area contributed by atoms with Crippen molar-refractivity contribution in [2.24, 2.45) is 5.92 Å². The topological polar surface area (TPSA) is 88.7 Å². The lowest BCUT2D eigenvalue weighted by Crippen LogP contribution is -2.41. The summed E-state index contributed by atoms with van der Waals surface area (Å²) in [6.07, 6.45) is -0.161. The fourth-order valence-corrected chi connectivity index (χ4v) is 4.28. The van der Waals surface area contributed by atoms with E-state index in [1.165, 1.54) is 0 Å². The summed E-state index contributed by atoms with van der Waals surface area (Å²) in [5, 5.41) is 8.68. The molecule has 0 aliphatic rings. The number of amides is 2. The van der Waals surface area contributed by atoms with Crippen molar-refractivity contribution in [3.05, 3.63) is 35.4 Å². The summed E-state index contributed by atoms with van der Waals surface area (Å²) in [4.78, 5) is 24.3. The molecule has 36 heavy (non-hydrogen) atoms. The van der Waals surface area contributed by atoms with Crippen LogP contribution in [0.5, 0.6) is 0 Å². The lowest BCUT2D eigenvalue weighted by atomic mass is 9.96. The van der Waals surface area contributed by atoms with Gasteiger partial charge in [-0.15, -0.1) is 0 Å². The van der Waals surface area contributed by atoms with Gasteiger partial charge in [0.05, 0.1) is 27.4 Å². The molecule has 0 saturated carbocycles. The van der Waals surface area contributed by atoms with E-state index in [0.29, 0.717) is 31.4 Å². The molecule has 2 amide bonds. The summed E-state index contributed by atoms with van der Waals surface area (Å²) in [7, 11) is -1.64. The largest absolute Gasteiger partial charge is 0.371 e. The molecule has 0 bridgehead atoms. The third kappa shape index (κ3) is 11.3. The molecule has 0 heterocycles. The molecule has 8 heteroatoms. The van der Waals surface area contributed by atoms with E-state index < -0.39 is 8.07 Å². The van der Waals surface area contributed by atoms with Crippen molar-refractivity contribution in [3.8, 4) is 12.0 Å². The fraction of sp³-hybridized carbons (Fsp3) is 0.643. The van der Waals surface area contributed by atoms with Crippen molar-refractivity contribution in [1.82, 2.24) is 16.0 Å². The predicted octanol–water partition coefficient (Wildman–Crippen LogP) is 4.34. The molecule has 0 aromatic heterocycles. The second-order valence-corrected chi connectivity index (χ2v) is 17.0. The first-order chi connectivity index (χ1) is 16.8. The monoisotopic (exact) mass is 517 g/mol. The minimum Gasteiger partial charge on any atom is -0.371 e. The molecule has 0 aliphatic heterocycles. The van der Waals surface area contributed by atoms with Crippen LogP contribution in [0.4, 0.5) is 0 Å². The van der Waals surface area contributed by atoms with Crippen LogP contribution in [-0.4, -0.2) is 58.8 Å². The van der Waals surface area contributed by atoms with Gasteiger partial charge in [0.1, 0.15) is 6.61 Å². The second-order valence-electron chi connectivity index (χ2n) is 11.2. The number of hydrogen-bond donors (Lipinski definition) is 3. The molecule has 1 rings (SSSR count). The van der Waals surface area contributed by atoms with Crippen LogP contribution in [-0.2, 0) is 14.3 Å². The van der Waals surface area contributed by atoms with E-state index in [-0.39, 0.29) is 35.5 Å². The van der Waals surface area contributed by atoms with Gasteiger partial charge in [0, 0.05) is 36.7 Å². The van der Waals surface area contributed by atoms with Crippen LogP contribution in [0.3, 0.4) is 0 Å². The van der Waals surface area contributed by atoms with Gasteiger partial charge in [-0.3, -0.25) is 14.9 Å². The number of carbonyl (C=O) groups excluding carboxylic acids is 2. The Labute approximate surface area is 219 Å². The zero-order chi connectivity index (χ0) is 27.4. The van der Waals surface area contributed by atoms with E-state index in [1.54, 1.807) is 0 Å². The minimum absolute atomic E-state index is 0.0608. The highest BCUT2D eigenvalue weighted by Crippen LogP contribution is 2.50. The average Bonchev–Trinajstić information content (AvgIpc) is 2.77. The molecule has 0 radical (unpaired) electrons. The smallest absolute Gasteiger partial charge is 0.257 e. The van der Waals surface area contributed by atoms with E-state index in [4.69, 9.17) is 9.47 Å². The van der Waals surface area contributed by atoms with Gasteiger partial charge in [-0.1, -0.05) is 79.2 Å². The normalized spacial score (nSPS) is 12.8.